The zero-order valence-corrected chi connectivity index (χ0v) is 13.8. The molecule has 1 aromatic rings. The summed E-state index contributed by atoms with van der Waals surface area (Å²) in [7, 11) is 0. The predicted octanol–water partition coefficient (Wildman–Crippen LogP) is 4.02. The molecule has 21 heavy (non-hydrogen) atoms. The molecule has 0 radical (unpaired) electrons. The van der Waals surface area contributed by atoms with Crippen molar-refractivity contribution in [1.29, 1.82) is 0 Å². The molecule has 0 bridgehead atoms. The summed E-state index contributed by atoms with van der Waals surface area (Å²) in [6.07, 6.45) is 3.77. The summed E-state index contributed by atoms with van der Waals surface area (Å²) in [5, 5.41) is 3.63. The van der Waals surface area contributed by atoms with Crippen molar-refractivity contribution in [1.82, 2.24) is 5.32 Å². The Morgan fingerprint density at radius 3 is 2.57 bits per heavy atom. The van der Waals surface area contributed by atoms with Gasteiger partial charge in [0.25, 0.3) is 0 Å². The van der Waals surface area contributed by atoms with Crippen LogP contribution in [0.5, 0.6) is 11.5 Å². The smallest absolute Gasteiger partial charge is 0.161 e. The third-order valence-electron chi connectivity index (χ3n) is 4.37. The minimum atomic E-state index is 0.204. The van der Waals surface area contributed by atoms with E-state index in [1.165, 1.54) is 12.8 Å². The van der Waals surface area contributed by atoms with Gasteiger partial charge in [-0.15, -0.1) is 0 Å². The third kappa shape index (κ3) is 3.91. The molecule has 1 N–H and O–H groups in total. The van der Waals surface area contributed by atoms with Gasteiger partial charge >= 0.3 is 0 Å². The highest BCUT2D eigenvalue weighted by molar-refractivity contribution is 5.39. The molecule has 1 aromatic carbocycles. The van der Waals surface area contributed by atoms with Crippen molar-refractivity contribution < 1.29 is 9.47 Å². The van der Waals surface area contributed by atoms with E-state index < -0.39 is 0 Å². The minimum absolute atomic E-state index is 0.204. The number of ether oxygens (including phenoxy) is 2. The van der Waals surface area contributed by atoms with Gasteiger partial charge in [0, 0.05) is 6.04 Å². The molecular weight excluding hydrogens is 262 g/mol. The Labute approximate surface area is 129 Å². The average Bonchev–Trinajstić information content (AvgIpc) is 2.45. The van der Waals surface area contributed by atoms with Crippen molar-refractivity contribution in [2.45, 2.75) is 59.1 Å². The molecule has 2 unspecified atom stereocenters. The molecule has 3 nitrogen and oxygen atoms in total. The van der Waals surface area contributed by atoms with Crippen molar-refractivity contribution in [3.05, 3.63) is 24.3 Å². The SMILES string of the molecule is CCNC1C(Oc2ccccc2OCC)CCCC1(C)C. The normalized spacial score (nSPS) is 24.6. The fourth-order valence-electron chi connectivity index (χ4n) is 3.32. The van der Waals surface area contributed by atoms with Crippen LogP contribution in [0.4, 0.5) is 0 Å². The lowest BCUT2D eigenvalue weighted by atomic mass is 9.71. The number of benzene rings is 1. The summed E-state index contributed by atoms with van der Waals surface area (Å²) in [4.78, 5) is 0. The summed E-state index contributed by atoms with van der Waals surface area (Å²) < 4.78 is 12.0. The average molecular weight is 291 g/mol. The third-order valence-corrected chi connectivity index (χ3v) is 4.37. The fourth-order valence-corrected chi connectivity index (χ4v) is 3.32. The highest BCUT2D eigenvalue weighted by atomic mass is 16.5. The van der Waals surface area contributed by atoms with Crippen LogP contribution in [0.3, 0.4) is 0 Å². The van der Waals surface area contributed by atoms with E-state index in [2.05, 4.69) is 26.1 Å². The van der Waals surface area contributed by atoms with Crippen LogP contribution in [-0.4, -0.2) is 25.3 Å². The molecule has 0 spiro atoms. The summed E-state index contributed by atoms with van der Waals surface area (Å²) in [6, 6.07) is 8.37. The second kappa shape index (κ2) is 7.17. The zero-order valence-electron chi connectivity index (χ0n) is 13.8. The predicted molar refractivity (Wildman–Crippen MR) is 87.1 cm³/mol. The monoisotopic (exact) mass is 291 g/mol. The molecule has 1 aliphatic carbocycles. The van der Waals surface area contributed by atoms with Crippen LogP contribution < -0.4 is 14.8 Å². The first-order chi connectivity index (χ1) is 10.1. The van der Waals surface area contributed by atoms with E-state index in [-0.39, 0.29) is 11.5 Å². The first-order valence-electron chi connectivity index (χ1n) is 8.20. The zero-order chi connectivity index (χ0) is 15.3. The topological polar surface area (TPSA) is 30.5 Å². The Kier molecular flexibility index (Phi) is 5.51. The molecule has 0 aliphatic heterocycles. The van der Waals surface area contributed by atoms with Crippen molar-refractivity contribution in [2.75, 3.05) is 13.2 Å². The Balaban J connectivity index is 2.16. The number of nitrogens with one attached hydrogen (secondary N) is 1. The van der Waals surface area contributed by atoms with Crippen molar-refractivity contribution in [3.63, 3.8) is 0 Å². The van der Waals surface area contributed by atoms with E-state index in [0.29, 0.717) is 12.6 Å². The van der Waals surface area contributed by atoms with Crippen LogP contribution >= 0.6 is 0 Å². The van der Waals surface area contributed by atoms with Gasteiger partial charge in [0.05, 0.1) is 6.61 Å². The standard InChI is InChI=1S/C18H29NO2/c1-5-19-17-16(12-9-13-18(17,3)4)21-15-11-8-7-10-14(15)20-6-2/h7-8,10-11,16-17,19H,5-6,9,12-13H2,1-4H3. The molecule has 0 aromatic heterocycles. The number of hydrogen-bond donors (Lipinski definition) is 1. The molecule has 118 valence electrons. The first-order valence-corrected chi connectivity index (χ1v) is 8.20. The van der Waals surface area contributed by atoms with E-state index in [4.69, 9.17) is 9.47 Å². The maximum absolute atomic E-state index is 6.35. The molecule has 0 heterocycles. The second-order valence-electron chi connectivity index (χ2n) is 6.45. The molecule has 2 atom stereocenters. The van der Waals surface area contributed by atoms with Gasteiger partial charge in [-0.1, -0.05) is 32.9 Å². The van der Waals surface area contributed by atoms with Crippen LogP contribution in [-0.2, 0) is 0 Å². The van der Waals surface area contributed by atoms with Crippen LogP contribution in [0, 0.1) is 5.41 Å². The summed E-state index contributed by atoms with van der Waals surface area (Å²) in [6.45, 7) is 10.5. The molecule has 0 amide bonds. The van der Waals surface area contributed by atoms with Crippen molar-refractivity contribution >= 4 is 0 Å². The lowest BCUT2D eigenvalue weighted by molar-refractivity contribution is 0.0353. The molecular formula is C18H29NO2. The Bertz CT molecular complexity index is 445. The van der Waals surface area contributed by atoms with Crippen LogP contribution in [0.2, 0.25) is 0 Å². The summed E-state index contributed by atoms with van der Waals surface area (Å²) >= 11 is 0. The van der Waals surface area contributed by atoms with E-state index in [9.17, 15) is 0 Å². The van der Waals surface area contributed by atoms with Gasteiger partial charge < -0.3 is 14.8 Å². The van der Waals surface area contributed by atoms with Gasteiger partial charge in [0.15, 0.2) is 11.5 Å². The van der Waals surface area contributed by atoms with E-state index >= 15 is 0 Å². The second-order valence-corrected chi connectivity index (χ2v) is 6.45. The fraction of sp³-hybridized carbons (Fsp3) is 0.667. The first kappa shape index (κ1) is 16.2. The molecule has 1 fully saturated rings. The molecule has 0 saturated heterocycles. The van der Waals surface area contributed by atoms with Crippen LogP contribution in [0.1, 0.15) is 47.0 Å². The van der Waals surface area contributed by atoms with E-state index in [1.807, 2.05) is 31.2 Å². The molecule has 3 heteroatoms. The Morgan fingerprint density at radius 2 is 1.90 bits per heavy atom. The highest BCUT2D eigenvalue weighted by Crippen LogP contribution is 2.39. The quantitative estimate of drug-likeness (QED) is 0.858. The number of rotatable bonds is 6. The van der Waals surface area contributed by atoms with Gasteiger partial charge in [0.2, 0.25) is 0 Å². The van der Waals surface area contributed by atoms with Crippen LogP contribution in [0.25, 0.3) is 0 Å². The van der Waals surface area contributed by atoms with E-state index in [0.717, 1.165) is 24.5 Å². The highest BCUT2D eigenvalue weighted by Gasteiger charge is 2.40. The van der Waals surface area contributed by atoms with Gasteiger partial charge in [-0.05, 0) is 50.3 Å². The maximum atomic E-state index is 6.35. The summed E-state index contributed by atoms with van der Waals surface area (Å²) in [5.41, 5.74) is 0.263. The number of hydrogen-bond acceptors (Lipinski definition) is 3. The largest absolute Gasteiger partial charge is 0.490 e. The Hall–Kier alpha value is -1.22. The van der Waals surface area contributed by atoms with Crippen molar-refractivity contribution in [3.8, 4) is 11.5 Å². The molecule has 2 rings (SSSR count). The number of para-hydroxylation sites is 2. The van der Waals surface area contributed by atoms with Gasteiger partial charge in [0.1, 0.15) is 6.10 Å². The van der Waals surface area contributed by atoms with Gasteiger partial charge in [-0.2, -0.15) is 0 Å². The van der Waals surface area contributed by atoms with Gasteiger partial charge in [-0.3, -0.25) is 0 Å². The minimum Gasteiger partial charge on any atom is -0.490 e. The summed E-state index contributed by atoms with van der Waals surface area (Å²) in [5.74, 6) is 1.71. The molecule has 1 saturated carbocycles. The maximum Gasteiger partial charge on any atom is 0.161 e. The van der Waals surface area contributed by atoms with Crippen LogP contribution in [0.15, 0.2) is 24.3 Å². The van der Waals surface area contributed by atoms with Gasteiger partial charge in [-0.25, -0.2) is 0 Å². The molecule has 1 aliphatic rings. The van der Waals surface area contributed by atoms with Crippen molar-refractivity contribution in [2.24, 2.45) is 5.41 Å². The van der Waals surface area contributed by atoms with E-state index in [1.54, 1.807) is 0 Å². The number of likely N-dealkylation sites (N-methyl/N-ethyl adjacent to an activating group) is 1. The lowest BCUT2D eigenvalue weighted by Gasteiger charge is -2.44. The lowest BCUT2D eigenvalue weighted by Crippen LogP contribution is -2.54. The Morgan fingerprint density at radius 1 is 1.19 bits per heavy atom.